The number of hydrogen-bond donors (Lipinski definition) is 0. The lowest BCUT2D eigenvalue weighted by molar-refractivity contribution is -0.129. The predicted molar refractivity (Wildman–Crippen MR) is 53.5 cm³/mol. The zero-order valence-corrected chi connectivity index (χ0v) is 8.27. The van der Waals surface area contributed by atoms with Gasteiger partial charge in [0.15, 0.2) is 0 Å². The third-order valence-corrected chi connectivity index (χ3v) is 1.95. The van der Waals surface area contributed by atoms with E-state index in [0.717, 1.165) is 5.56 Å². The van der Waals surface area contributed by atoms with Crippen molar-refractivity contribution in [2.75, 3.05) is 14.1 Å². The zero-order valence-electron chi connectivity index (χ0n) is 8.27. The molecule has 0 N–H and O–H groups in total. The minimum absolute atomic E-state index is 0.182. The van der Waals surface area contributed by atoms with Gasteiger partial charge in [0.25, 0.3) is 0 Å². The minimum atomic E-state index is -0.689. The summed E-state index contributed by atoms with van der Waals surface area (Å²) in [4.78, 5) is 13.0. The minimum Gasteiger partial charge on any atom is -0.347 e. The van der Waals surface area contributed by atoms with Crippen LogP contribution < -0.4 is 0 Å². The Morgan fingerprint density at radius 3 is 2.36 bits per heavy atom. The van der Waals surface area contributed by atoms with Crippen molar-refractivity contribution in [3.8, 4) is 6.07 Å². The van der Waals surface area contributed by atoms with Crippen LogP contribution in [-0.4, -0.2) is 24.9 Å². The molecule has 3 heteroatoms. The highest BCUT2D eigenvalue weighted by Gasteiger charge is 2.20. The Kier molecular flexibility index (Phi) is 3.24. The maximum absolute atomic E-state index is 11.6. The number of carbonyl (C=O) groups excluding carboxylic acids is 1. The molecule has 1 amide bonds. The van der Waals surface area contributed by atoms with E-state index < -0.39 is 5.92 Å². The second kappa shape index (κ2) is 4.43. The first-order chi connectivity index (χ1) is 6.66. The van der Waals surface area contributed by atoms with Gasteiger partial charge in [-0.05, 0) is 5.56 Å². The van der Waals surface area contributed by atoms with Gasteiger partial charge in [-0.1, -0.05) is 30.3 Å². The highest BCUT2D eigenvalue weighted by atomic mass is 16.2. The first kappa shape index (κ1) is 10.3. The van der Waals surface area contributed by atoms with Crippen LogP contribution in [0.2, 0.25) is 0 Å². The molecule has 0 bridgehead atoms. The summed E-state index contributed by atoms with van der Waals surface area (Å²) in [6.45, 7) is 0. The predicted octanol–water partition coefficient (Wildman–Crippen LogP) is 1.38. The van der Waals surface area contributed by atoms with Gasteiger partial charge in [-0.3, -0.25) is 4.79 Å². The van der Waals surface area contributed by atoms with Crippen LogP contribution in [-0.2, 0) is 4.79 Å². The van der Waals surface area contributed by atoms with Crippen molar-refractivity contribution >= 4 is 5.91 Å². The number of nitriles is 1. The number of benzene rings is 1. The summed E-state index contributed by atoms with van der Waals surface area (Å²) in [5.41, 5.74) is 0.744. The Morgan fingerprint density at radius 2 is 1.93 bits per heavy atom. The number of hydrogen-bond acceptors (Lipinski definition) is 2. The molecule has 0 heterocycles. The van der Waals surface area contributed by atoms with Crippen LogP contribution in [0.3, 0.4) is 0 Å². The molecule has 0 aliphatic carbocycles. The van der Waals surface area contributed by atoms with E-state index in [1.54, 1.807) is 26.2 Å². The average molecular weight is 188 g/mol. The van der Waals surface area contributed by atoms with E-state index in [2.05, 4.69) is 0 Å². The number of nitrogens with zero attached hydrogens (tertiary/aromatic N) is 2. The Morgan fingerprint density at radius 1 is 1.36 bits per heavy atom. The summed E-state index contributed by atoms with van der Waals surface area (Å²) in [5, 5.41) is 8.90. The molecular formula is C11H12N2O. The number of rotatable bonds is 2. The lowest BCUT2D eigenvalue weighted by Crippen LogP contribution is -2.27. The van der Waals surface area contributed by atoms with E-state index in [0.29, 0.717) is 0 Å². The number of amides is 1. The lowest BCUT2D eigenvalue weighted by atomic mass is 10.00. The molecule has 14 heavy (non-hydrogen) atoms. The summed E-state index contributed by atoms with van der Waals surface area (Å²) in [5.74, 6) is -0.870. The normalized spacial score (nSPS) is 11.5. The average Bonchev–Trinajstić information content (AvgIpc) is 2.20. The van der Waals surface area contributed by atoms with Crippen molar-refractivity contribution in [1.82, 2.24) is 4.90 Å². The Labute approximate surface area is 83.6 Å². The third kappa shape index (κ3) is 2.11. The molecule has 1 atom stereocenters. The second-order valence-corrected chi connectivity index (χ2v) is 3.21. The summed E-state index contributed by atoms with van der Waals surface area (Å²) in [6.07, 6.45) is 0. The van der Waals surface area contributed by atoms with Crippen LogP contribution in [0.5, 0.6) is 0 Å². The van der Waals surface area contributed by atoms with Crippen LogP contribution in [0.4, 0.5) is 0 Å². The molecule has 0 radical (unpaired) electrons. The van der Waals surface area contributed by atoms with Crippen molar-refractivity contribution in [2.45, 2.75) is 5.92 Å². The smallest absolute Gasteiger partial charge is 0.243 e. The number of carbonyl (C=O) groups is 1. The fourth-order valence-corrected chi connectivity index (χ4v) is 1.18. The van der Waals surface area contributed by atoms with E-state index in [1.165, 1.54) is 4.90 Å². The van der Waals surface area contributed by atoms with Gasteiger partial charge >= 0.3 is 0 Å². The summed E-state index contributed by atoms with van der Waals surface area (Å²) < 4.78 is 0. The molecule has 0 spiro atoms. The molecule has 1 aromatic rings. The van der Waals surface area contributed by atoms with Crippen molar-refractivity contribution in [1.29, 1.82) is 5.26 Å². The Bertz CT molecular complexity index is 351. The fourth-order valence-electron chi connectivity index (χ4n) is 1.18. The first-order valence-corrected chi connectivity index (χ1v) is 4.32. The third-order valence-electron chi connectivity index (χ3n) is 1.95. The molecule has 0 fully saturated rings. The molecule has 1 aromatic carbocycles. The topological polar surface area (TPSA) is 44.1 Å². The quantitative estimate of drug-likeness (QED) is 0.703. The van der Waals surface area contributed by atoms with Gasteiger partial charge in [-0.15, -0.1) is 0 Å². The SMILES string of the molecule is CN(C)C(=O)C(C#N)c1ccccc1. The first-order valence-electron chi connectivity index (χ1n) is 4.32. The zero-order chi connectivity index (χ0) is 10.6. The molecule has 0 saturated heterocycles. The van der Waals surface area contributed by atoms with Crippen molar-refractivity contribution in [2.24, 2.45) is 0 Å². The van der Waals surface area contributed by atoms with E-state index in [9.17, 15) is 4.79 Å². The van der Waals surface area contributed by atoms with Crippen LogP contribution in [0.1, 0.15) is 11.5 Å². The monoisotopic (exact) mass is 188 g/mol. The largest absolute Gasteiger partial charge is 0.347 e. The van der Waals surface area contributed by atoms with Crippen molar-refractivity contribution < 1.29 is 4.79 Å². The molecule has 0 aliphatic rings. The summed E-state index contributed by atoms with van der Waals surface area (Å²) >= 11 is 0. The summed E-state index contributed by atoms with van der Waals surface area (Å²) in [7, 11) is 3.30. The Hall–Kier alpha value is -1.82. The standard InChI is InChI=1S/C11H12N2O/c1-13(2)11(14)10(8-12)9-6-4-3-5-7-9/h3-7,10H,1-2H3. The van der Waals surface area contributed by atoms with E-state index in [-0.39, 0.29) is 5.91 Å². The molecule has 72 valence electrons. The van der Waals surface area contributed by atoms with Crippen LogP contribution >= 0.6 is 0 Å². The maximum Gasteiger partial charge on any atom is 0.243 e. The van der Waals surface area contributed by atoms with Gasteiger partial charge in [0.05, 0.1) is 6.07 Å². The van der Waals surface area contributed by atoms with Crippen LogP contribution in [0, 0.1) is 11.3 Å². The molecule has 0 aliphatic heterocycles. The molecular weight excluding hydrogens is 176 g/mol. The van der Waals surface area contributed by atoms with E-state index in [1.807, 2.05) is 24.3 Å². The highest BCUT2D eigenvalue weighted by Crippen LogP contribution is 2.16. The van der Waals surface area contributed by atoms with Gasteiger partial charge in [0, 0.05) is 14.1 Å². The highest BCUT2D eigenvalue weighted by molar-refractivity contribution is 5.86. The fraction of sp³-hybridized carbons (Fsp3) is 0.273. The van der Waals surface area contributed by atoms with Gasteiger partial charge in [-0.2, -0.15) is 5.26 Å². The van der Waals surface area contributed by atoms with Gasteiger partial charge in [0.1, 0.15) is 5.92 Å². The Balaban J connectivity index is 2.96. The molecule has 0 aromatic heterocycles. The van der Waals surface area contributed by atoms with E-state index in [4.69, 9.17) is 5.26 Å². The lowest BCUT2D eigenvalue weighted by Gasteiger charge is -2.14. The van der Waals surface area contributed by atoms with E-state index >= 15 is 0 Å². The second-order valence-electron chi connectivity index (χ2n) is 3.21. The molecule has 0 saturated carbocycles. The van der Waals surface area contributed by atoms with Crippen LogP contribution in [0.25, 0.3) is 0 Å². The number of likely N-dealkylation sites (N-methyl/N-ethyl adjacent to an activating group) is 1. The molecule has 1 rings (SSSR count). The van der Waals surface area contributed by atoms with Gasteiger partial charge < -0.3 is 4.90 Å². The van der Waals surface area contributed by atoms with Crippen molar-refractivity contribution in [3.63, 3.8) is 0 Å². The molecule has 3 nitrogen and oxygen atoms in total. The molecule has 1 unspecified atom stereocenters. The van der Waals surface area contributed by atoms with Gasteiger partial charge in [-0.25, -0.2) is 0 Å². The summed E-state index contributed by atoms with van der Waals surface area (Å²) in [6, 6.07) is 11.1. The van der Waals surface area contributed by atoms with Crippen LogP contribution in [0.15, 0.2) is 30.3 Å². The van der Waals surface area contributed by atoms with Gasteiger partial charge in [0.2, 0.25) is 5.91 Å². The van der Waals surface area contributed by atoms with Crippen molar-refractivity contribution in [3.05, 3.63) is 35.9 Å². The maximum atomic E-state index is 11.6.